The van der Waals surface area contributed by atoms with Crippen molar-refractivity contribution in [2.75, 3.05) is 26.2 Å². The molecule has 0 bridgehead atoms. The van der Waals surface area contributed by atoms with Gasteiger partial charge in [0.1, 0.15) is 6.10 Å². The van der Waals surface area contributed by atoms with E-state index in [0.29, 0.717) is 16.8 Å². The van der Waals surface area contributed by atoms with Crippen molar-refractivity contribution in [2.45, 2.75) is 24.7 Å². The molecule has 4 nitrogen and oxygen atoms in total. The molecule has 0 unspecified atom stereocenters. The van der Waals surface area contributed by atoms with E-state index in [0.717, 1.165) is 25.0 Å². The Morgan fingerprint density at radius 2 is 2.14 bits per heavy atom. The Hall–Kier alpha value is -1.04. The highest BCUT2D eigenvalue weighted by molar-refractivity contribution is 9.09. The molecule has 2 rings (SSSR count). The third-order valence-electron chi connectivity index (χ3n) is 3.56. The van der Waals surface area contributed by atoms with E-state index in [2.05, 4.69) is 22.5 Å². The van der Waals surface area contributed by atoms with Gasteiger partial charge < -0.3 is 18.9 Å². The molecule has 0 N–H and O–H groups in total. The summed E-state index contributed by atoms with van der Waals surface area (Å²) in [5, 5.41) is 0.637. The van der Waals surface area contributed by atoms with Crippen LogP contribution in [0.15, 0.2) is 30.9 Å². The molecule has 116 valence electrons. The Labute approximate surface area is 134 Å². The molecule has 0 aliphatic carbocycles. The van der Waals surface area contributed by atoms with E-state index in [-0.39, 0.29) is 6.10 Å². The SMILES string of the molecule is C=C[C@@H](O[C@@]1(CBr)CCCO1)c1ccc(OC)c(OC)c1. The van der Waals surface area contributed by atoms with Gasteiger partial charge in [0, 0.05) is 6.42 Å². The van der Waals surface area contributed by atoms with E-state index >= 15 is 0 Å². The van der Waals surface area contributed by atoms with Crippen LogP contribution in [0.5, 0.6) is 11.5 Å². The molecule has 5 heteroatoms. The average Bonchev–Trinajstić information content (AvgIpc) is 3.01. The maximum atomic E-state index is 6.17. The van der Waals surface area contributed by atoms with Gasteiger partial charge in [-0.05, 0) is 24.1 Å². The van der Waals surface area contributed by atoms with Gasteiger partial charge in [-0.1, -0.05) is 28.1 Å². The van der Waals surface area contributed by atoms with E-state index in [1.807, 2.05) is 18.2 Å². The predicted molar refractivity (Wildman–Crippen MR) is 85.3 cm³/mol. The molecular weight excluding hydrogens is 336 g/mol. The average molecular weight is 357 g/mol. The molecule has 2 atom stereocenters. The van der Waals surface area contributed by atoms with Crippen LogP contribution >= 0.6 is 15.9 Å². The maximum absolute atomic E-state index is 6.17. The van der Waals surface area contributed by atoms with Crippen molar-refractivity contribution in [1.29, 1.82) is 0 Å². The van der Waals surface area contributed by atoms with Gasteiger partial charge in [0.25, 0.3) is 0 Å². The lowest BCUT2D eigenvalue weighted by Crippen LogP contribution is -2.34. The second-order valence-electron chi connectivity index (χ2n) is 4.88. The topological polar surface area (TPSA) is 36.9 Å². The van der Waals surface area contributed by atoms with Crippen LogP contribution in [0, 0.1) is 0 Å². The van der Waals surface area contributed by atoms with Gasteiger partial charge in [-0.3, -0.25) is 0 Å². The highest BCUT2D eigenvalue weighted by Crippen LogP contribution is 2.37. The van der Waals surface area contributed by atoms with Crippen LogP contribution in [0.25, 0.3) is 0 Å². The number of rotatable bonds is 7. The predicted octanol–water partition coefficient (Wildman–Crippen LogP) is 3.85. The first-order valence-corrected chi connectivity index (χ1v) is 8.02. The Morgan fingerprint density at radius 1 is 1.38 bits per heavy atom. The minimum atomic E-state index is -0.577. The molecule has 1 aromatic carbocycles. The van der Waals surface area contributed by atoms with Crippen LogP contribution in [0.4, 0.5) is 0 Å². The fourth-order valence-electron chi connectivity index (χ4n) is 2.42. The molecule has 0 radical (unpaired) electrons. The first-order chi connectivity index (χ1) is 10.2. The third kappa shape index (κ3) is 3.59. The second kappa shape index (κ2) is 7.29. The van der Waals surface area contributed by atoms with Gasteiger partial charge in [0.05, 0.1) is 26.2 Å². The summed E-state index contributed by atoms with van der Waals surface area (Å²) < 4.78 is 22.5. The summed E-state index contributed by atoms with van der Waals surface area (Å²) in [5.41, 5.74) is 0.957. The number of ether oxygens (including phenoxy) is 4. The molecule has 0 saturated carbocycles. The molecule has 1 aromatic rings. The molecular formula is C16H21BrO4. The zero-order chi connectivity index (χ0) is 15.3. The third-order valence-corrected chi connectivity index (χ3v) is 4.42. The van der Waals surface area contributed by atoms with Crippen molar-refractivity contribution >= 4 is 15.9 Å². The number of benzene rings is 1. The zero-order valence-corrected chi connectivity index (χ0v) is 14.0. The second-order valence-corrected chi connectivity index (χ2v) is 5.45. The number of alkyl halides is 1. The lowest BCUT2D eigenvalue weighted by atomic mass is 10.1. The van der Waals surface area contributed by atoms with Crippen LogP contribution < -0.4 is 9.47 Å². The van der Waals surface area contributed by atoms with Gasteiger partial charge in [0.15, 0.2) is 17.3 Å². The minimum Gasteiger partial charge on any atom is -0.493 e. The number of hydrogen-bond acceptors (Lipinski definition) is 4. The van der Waals surface area contributed by atoms with Gasteiger partial charge in [-0.2, -0.15) is 0 Å². The first-order valence-electron chi connectivity index (χ1n) is 6.90. The van der Waals surface area contributed by atoms with Crippen LogP contribution in [-0.4, -0.2) is 31.9 Å². The molecule has 1 fully saturated rings. The fraction of sp³-hybridized carbons (Fsp3) is 0.500. The summed E-state index contributed by atoms with van der Waals surface area (Å²) in [5.74, 6) is 0.786. The summed E-state index contributed by atoms with van der Waals surface area (Å²) >= 11 is 3.49. The van der Waals surface area contributed by atoms with Crippen molar-refractivity contribution < 1.29 is 18.9 Å². The minimum absolute atomic E-state index is 0.263. The lowest BCUT2D eigenvalue weighted by Gasteiger charge is -2.30. The van der Waals surface area contributed by atoms with E-state index < -0.39 is 5.79 Å². The molecule has 1 aliphatic heterocycles. The normalized spacial score (nSPS) is 22.8. The lowest BCUT2D eigenvalue weighted by molar-refractivity contribution is -0.211. The number of halogens is 1. The smallest absolute Gasteiger partial charge is 0.179 e. The summed E-state index contributed by atoms with van der Waals surface area (Å²) in [6, 6.07) is 5.72. The zero-order valence-electron chi connectivity index (χ0n) is 12.4. The van der Waals surface area contributed by atoms with Crippen molar-refractivity contribution in [2.24, 2.45) is 0 Å². The van der Waals surface area contributed by atoms with Crippen LogP contribution in [0.3, 0.4) is 0 Å². The van der Waals surface area contributed by atoms with Gasteiger partial charge in [0.2, 0.25) is 0 Å². The molecule has 1 saturated heterocycles. The summed E-state index contributed by atoms with van der Waals surface area (Å²) in [6.45, 7) is 4.60. The monoisotopic (exact) mass is 356 g/mol. The molecule has 0 aromatic heterocycles. The van der Waals surface area contributed by atoms with Crippen LogP contribution in [0.2, 0.25) is 0 Å². The highest BCUT2D eigenvalue weighted by atomic mass is 79.9. The van der Waals surface area contributed by atoms with Gasteiger partial charge >= 0.3 is 0 Å². The Bertz CT molecular complexity index is 483. The summed E-state index contributed by atoms with van der Waals surface area (Å²) in [7, 11) is 3.23. The van der Waals surface area contributed by atoms with Gasteiger partial charge in [-0.15, -0.1) is 6.58 Å². The molecule has 1 aliphatic rings. The van der Waals surface area contributed by atoms with Crippen molar-refractivity contribution in [3.05, 3.63) is 36.4 Å². The van der Waals surface area contributed by atoms with E-state index in [9.17, 15) is 0 Å². The summed E-state index contributed by atoms with van der Waals surface area (Å²) in [4.78, 5) is 0. The highest BCUT2D eigenvalue weighted by Gasteiger charge is 2.37. The Balaban J connectivity index is 2.22. The largest absolute Gasteiger partial charge is 0.493 e. The molecule has 21 heavy (non-hydrogen) atoms. The summed E-state index contributed by atoms with van der Waals surface area (Å²) in [6.07, 6.45) is 3.38. The van der Waals surface area contributed by atoms with Crippen molar-refractivity contribution in [3.8, 4) is 11.5 Å². The van der Waals surface area contributed by atoms with Crippen molar-refractivity contribution in [1.82, 2.24) is 0 Å². The first kappa shape index (κ1) is 16.3. The maximum Gasteiger partial charge on any atom is 0.179 e. The fourth-order valence-corrected chi connectivity index (χ4v) is 2.99. The molecule has 0 amide bonds. The van der Waals surface area contributed by atoms with Crippen molar-refractivity contribution in [3.63, 3.8) is 0 Å². The molecule has 1 heterocycles. The number of hydrogen-bond donors (Lipinski definition) is 0. The quantitative estimate of drug-likeness (QED) is 0.549. The number of methoxy groups -OCH3 is 2. The Morgan fingerprint density at radius 3 is 2.67 bits per heavy atom. The van der Waals surface area contributed by atoms with Gasteiger partial charge in [-0.25, -0.2) is 0 Å². The Kier molecular flexibility index (Phi) is 5.67. The van der Waals surface area contributed by atoms with E-state index in [1.165, 1.54) is 0 Å². The van der Waals surface area contributed by atoms with Crippen LogP contribution in [0.1, 0.15) is 24.5 Å². The molecule has 0 spiro atoms. The standard InChI is InChI=1S/C16H21BrO4/c1-4-13(21-16(11-17)8-5-9-20-16)12-6-7-14(18-2)15(10-12)19-3/h4,6-7,10,13H,1,5,8-9,11H2,2-3H3/t13-,16-/m1/s1. The van der Waals surface area contributed by atoms with E-state index in [1.54, 1.807) is 20.3 Å². The van der Waals surface area contributed by atoms with E-state index in [4.69, 9.17) is 18.9 Å². The van der Waals surface area contributed by atoms with Crippen LogP contribution in [-0.2, 0) is 9.47 Å².